The molecular formula is C10H18O2S. The molecule has 0 aromatic carbocycles. The normalized spacial score (nSPS) is 27.6. The van der Waals surface area contributed by atoms with Crippen molar-refractivity contribution < 1.29 is 9.90 Å². The van der Waals surface area contributed by atoms with Gasteiger partial charge in [0.05, 0.1) is 6.61 Å². The summed E-state index contributed by atoms with van der Waals surface area (Å²) >= 11 is 1.74. The number of carbonyl (C=O) groups is 1. The minimum absolute atomic E-state index is 0.214. The van der Waals surface area contributed by atoms with Gasteiger partial charge in [0.15, 0.2) is 0 Å². The molecule has 3 heteroatoms. The fourth-order valence-corrected chi connectivity index (χ4v) is 2.95. The Bertz CT molecular complexity index is 189. The first kappa shape index (κ1) is 11.1. The highest BCUT2D eigenvalue weighted by molar-refractivity contribution is 8.00. The highest BCUT2D eigenvalue weighted by Crippen LogP contribution is 2.41. The first-order valence-electron chi connectivity index (χ1n) is 4.80. The van der Waals surface area contributed by atoms with E-state index < -0.39 is 0 Å². The summed E-state index contributed by atoms with van der Waals surface area (Å²) in [6, 6.07) is 0. The van der Waals surface area contributed by atoms with Gasteiger partial charge in [-0.25, -0.2) is 0 Å². The molecule has 0 amide bonds. The third-order valence-corrected chi connectivity index (χ3v) is 4.37. The third-order valence-electron chi connectivity index (χ3n) is 2.74. The summed E-state index contributed by atoms with van der Waals surface area (Å²) in [4.78, 5) is 11.2. The summed E-state index contributed by atoms with van der Waals surface area (Å²) < 4.78 is 0. The van der Waals surface area contributed by atoms with Gasteiger partial charge in [0.25, 0.3) is 0 Å². The molecular weight excluding hydrogens is 184 g/mol. The van der Waals surface area contributed by atoms with Crippen molar-refractivity contribution in [2.24, 2.45) is 5.41 Å². The first-order chi connectivity index (χ1) is 6.06. The summed E-state index contributed by atoms with van der Waals surface area (Å²) in [6.07, 6.45) is 2.43. The smallest absolute Gasteiger partial charge is 0.134 e. The summed E-state index contributed by atoms with van der Waals surface area (Å²) in [5.74, 6) is 1.14. The topological polar surface area (TPSA) is 37.3 Å². The van der Waals surface area contributed by atoms with E-state index in [4.69, 9.17) is 5.11 Å². The minimum Gasteiger partial charge on any atom is -0.396 e. The van der Waals surface area contributed by atoms with Crippen LogP contribution in [0.25, 0.3) is 0 Å². The maximum Gasteiger partial charge on any atom is 0.134 e. The summed E-state index contributed by atoms with van der Waals surface area (Å²) in [5.41, 5.74) is 0.258. The van der Waals surface area contributed by atoms with Crippen molar-refractivity contribution in [1.82, 2.24) is 0 Å². The molecule has 1 atom stereocenters. The molecule has 0 heterocycles. The van der Waals surface area contributed by atoms with Gasteiger partial charge in [-0.15, -0.1) is 0 Å². The van der Waals surface area contributed by atoms with Gasteiger partial charge >= 0.3 is 0 Å². The maximum atomic E-state index is 11.2. The second kappa shape index (κ2) is 4.47. The molecule has 2 nitrogen and oxygen atoms in total. The molecule has 0 aromatic rings. The first-order valence-corrected chi connectivity index (χ1v) is 5.85. The Morgan fingerprint density at radius 3 is 2.92 bits per heavy atom. The summed E-state index contributed by atoms with van der Waals surface area (Å²) in [5, 5.41) is 9.13. The lowest BCUT2D eigenvalue weighted by Gasteiger charge is -2.37. The highest BCUT2D eigenvalue weighted by Gasteiger charge is 2.35. The Labute approximate surface area is 84.1 Å². The van der Waals surface area contributed by atoms with Crippen LogP contribution in [-0.2, 0) is 4.79 Å². The van der Waals surface area contributed by atoms with Crippen molar-refractivity contribution in [3.8, 4) is 0 Å². The lowest BCUT2D eigenvalue weighted by atomic mass is 9.76. The number of carbonyl (C=O) groups excluding carboxylic acids is 1. The Morgan fingerprint density at radius 2 is 2.31 bits per heavy atom. The standard InChI is InChI=1S/C10H18O2S/c1-10(2)4-3-8(12)7-9(10)13-6-5-11/h9,11H,3-7H2,1-2H3. The van der Waals surface area contributed by atoms with Crippen molar-refractivity contribution in [3.05, 3.63) is 0 Å². The van der Waals surface area contributed by atoms with Crippen LogP contribution in [0.4, 0.5) is 0 Å². The summed E-state index contributed by atoms with van der Waals surface area (Å²) in [6.45, 7) is 4.65. The summed E-state index contributed by atoms with van der Waals surface area (Å²) in [7, 11) is 0. The number of Topliss-reactive ketones (excluding diaryl/α,β-unsaturated/α-hetero) is 1. The third kappa shape index (κ3) is 2.99. The fourth-order valence-electron chi connectivity index (χ4n) is 1.69. The number of aliphatic hydroxyl groups is 1. The predicted molar refractivity (Wildman–Crippen MR) is 56.0 cm³/mol. The molecule has 0 radical (unpaired) electrons. The second-order valence-electron chi connectivity index (χ2n) is 4.31. The van der Waals surface area contributed by atoms with Crippen LogP contribution in [0, 0.1) is 5.41 Å². The number of thioether (sulfide) groups is 1. The Hall–Kier alpha value is -0.0200. The fraction of sp³-hybridized carbons (Fsp3) is 0.900. The van der Waals surface area contributed by atoms with Gasteiger partial charge in [-0.2, -0.15) is 11.8 Å². The molecule has 0 aromatic heterocycles. The molecule has 0 bridgehead atoms. The van der Waals surface area contributed by atoms with Crippen LogP contribution in [0.3, 0.4) is 0 Å². The highest BCUT2D eigenvalue weighted by atomic mass is 32.2. The monoisotopic (exact) mass is 202 g/mol. The molecule has 1 aliphatic carbocycles. The average molecular weight is 202 g/mol. The van der Waals surface area contributed by atoms with E-state index in [2.05, 4.69) is 13.8 Å². The van der Waals surface area contributed by atoms with E-state index in [1.54, 1.807) is 11.8 Å². The van der Waals surface area contributed by atoms with E-state index in [1.165, 1.54) is 0 Å². The molecule has 0 saturated heterocycles. The second-order valence-corrected chi connectivity index (χ2v) is 5.63. The van der Waals surface area contributed by atoms with Crippen molar-refractivity contribution in [3.63, 3.8) is 0 Å². The molecule has 1 saturated carbocycles. The molecule has 1 unspecified atom stereocenters. The zero-order chi connectivity index (χ0) is 9.90. The van der Waals surface area contributed by atoms with E-state index >= 15 is 0 Å². The minimum atomic E-state index is 0.214. The van der Waals surface area contributed by atoms with Gasteiger partial charge in [-0.05, 0) is 11.8 Å². The lowest BCUT2D eigenvalue weighted by Crippen LogP contribution is -2.34. The van der Waals surface area contributed by atoms with Crippen LogP contribution in [0.2, 0.25) is 0 Å². The van der Waals surface area contributed by atoms with Crippen molar-refractivity contribution in [2.45, 2.75) is 38.4 Å². The molecule has 0 spiro atoms. The van der Waals surface area contributed by atoms with E-state index in [9.17, 15) is 4.79 Å². The van der Waals surface area contributed by atoms with E-state index in [1.807, 2.05) is 0 Å². The predicted octanol–water partition coefficient (Wildman–Crippen LogP) is 1.86. The Kier molecular flexibility index (Phi) is 3.80. The zero-order valence-corrected chi connectivity index (χ0v) is 9.19. The number of hydrogen-bond donors (Lipinski definition) is 1. The molecule has 1 rings (SSSR count). The van der Waals surface area contributed by atoms with Crippen molar-refractivity contribution in [1.29, 1.82) is 0 Å². The van der Waals surface area contributed by atoms with Gasteiger partial charge in [0.1, 0.15) is 5.78 Å². The number of hydrogen-bond acceptors (Lipinski definition) is 3. The van der Waals surface area contributed by atoms with Crippen molar-refractivity contribution in [2.75, 3.05) is 12.4 Å². The number of ketones is 1. The number of rotatable bonds is 3. The Balaban J connectivity index is 2.50. The van der Waals surface area contributed by atoms with Gasteiger partial charge in [-0.3, -0.25) is 4.79 Å². The molecule has 1 N–H and O–H groups in total. The lowest BCUT2D eigenvalue weighted by molar-refractivity contribution is -0.121. The van der Waals surface area contributed by atoms with Crippen molar-refractivity contribution >= 4 is 17.5 Å². The molecule has 1 fully saturated rings. The molecule has 13 heavy (non-hydrogen) atoms. The SMILES string of the molecule is CC1(C)CCC(=O)CC1SCCO. The van der Waals surface area contributed by atoms with Gasteiger partial charge in [0.2, 0.25) is 0 Å². The zero-order valence-electron chi connectivity index (χ0n) is 8.38. The quantitative estimate of drug-likeness (QED) is 0.759. The Morgan fingerprint density at radius 1 is 1.62 bits per heavy atom. The molecule has 1 aliphatic rings. The van der Waals surface area contributed by atoms with Crippen LogP contribution in [0.1, 0.15) is 33.1 Å². The van der Waals surface area contributed by atoms with Crippen LogP contribution in [-0.4, -0.2) is 28.5 Å². The van der Waals surface area contributed by atoms with Crippen LogP contribution >= 0.6 is 11.8 Å². The maximum absolute atomic E-state index is 11.2. The van der Waals surface area contributed by atoms with Crippen LogP contribution < -0.4 is 0 Å². The van der Waals surface area contributed by atoms with Gasteiger partial charge in [0, 0.05) is 23.8 Å². The molecule has 0 aliphatic heterocycles. The van der Waals surface area contributed by atoms with Gasteiger partial charge < -0.3 is 5.11 Å². The van der Waals surface area contributed by atoms with E-state index in [0.29, 0.717) is 17.5 Å². The number of aliphatic hydroxyl groups excluding tert-OH is 1. The van der Waals surface area contributed by atoms with Crippen LogP contribution in [0.15, 0.2) is 0 Å². The molecule has 76 valence electrons. The van der Waals surface area contributed by atoms with E-state index in [0.717, 1.165) is 18.6 Å². The van der Waals surface area contributed by atoms with E-state index in [-0.39, 0.29) is 12.0 Å². The van der Waals surface area contributed by atoms with Crippen LogP contribution in [0.5, 0.6) is 0 Å². The largest absolute Gasteiger partial charge is 0.396 e. The van der Waals surface area contributed by atoms with Gasteiger partial charge in [-0.1, -0.05) is 13.8 Å². The average Bonchev–Trinajstić information content (AvgIpc) is 2.07.